The fourth-order valence-electron chi connectivity index (χ4n) is 3.23. The average molecular weight is 222 g/mol. The van der Waals surface area contributed by atoms with Crippen molar-refractivity contribution in [2.45, 2.75) is 50.6 Å². The maximum absolute atomic E-state index is 12.3. The van der Waals surface area contributed by atoms with Gasteiger partial charge in [0, 0.05) is 12.6 Å². The fraction of sp³-hybridized carbons (Fsp3) is 0.923. The minimum Gasteiger partial charge on any atom is -0.338 e. The van der Waals surface area contributed by atoms with Crippen LogP contribution in [-0.4, -0.2) is 36.5 Å². The van der Waals surface area contributed by atoms with Gasteiger partial charge in [0.05, 0.1) is 6.04 Å². The van der Waals surface area contributed by atoms with Gasteiger partial charge in [0.25, 0.3) is 0 Å². The van der Waals surface area contributed by atoms with E-state index in [1.54, 1.807) is 0 Å². The van der Waals surface area contributed by atoms with Crippen LogP contribution < -0.4 is 5.32 Å². The van der Waals surface area contributed by atoms with Gasteiger partial charge in [0.2, 0.25) is 5.91 Å². The van der Waals surface area contributed by atoms with Gasteiger partial charge in [-0.05, 0) is 57.4 Å². The predicted molar refractivity (Wildman–Crippen MR) is 63.0 cm³/mol. The molecule has 1 heterocycles. The summed E-state index contributed by atoms with van der Waals surface area (Å²) in [5.74, 6) is 2.05. The Labute approximate surface area is 97.6 Å². The molecule has 0 bridgehead atoms. The molecule has 1 saturated heterocycles. The van der Waals surface area contributed by atoms with E-state index in [1.165, 1.54) is 32.1 Å². The van der Waals surface area contributed by atoms with Gasteiger partial charge >= 0.3 is 0 Å². The van der Waals surface area contributed by atoms with Crippen LogP contribution in [0.5, 0.6) is 0 Å². The van der Waals surface area contributed by atoms with E-state index in [9.17, 15) is 4.79 Å². The molecule has 1 atom stereocenters. The number of carbonyl (C=O) groups excluding carboxylic acids is 1. The van der Waals surface area contributed by atoms with Gasteiger partial charge in [0.1, 0.15) is 0 Å². The average Bonchev–Trinajstić information content (AvgIpc) is 3.15. The molecule has 1 unspecified atom stereocenters. The Morgan fingerprint density at radius 3 is 2.31 bits per heavy atom. The minimum atomic E-state index is 0.0914. The Balaban J connectivity index is 1.73. The summed E-state index contributed by atoms with van der Waals surface area (Å²) in [5, 5.41) is 3.17. The van der Waals surface area contributed by atoms with Crippen molar-refractivity contribution in [3.05, 3.63) is 0 Å². The first kappa shape index (κ1) is 10.6. The number of hydrogen-bond acceptors (Lipinski definition) is 2. The minimum absolute atomic E-state index is 0.0914. The molecule has 0 aromatic carbocycles. The van der Waals surface area contributed by atoms with Crippen LogP contribution in [0.3, 0.4) is 0 Å². The van der Waals surface area contributed by atoms with Gasteiger partial charge in [-0.2, -0.15) is 0 Å². The van der Waals surface area contributed by atoms with Crippen LogP contribution in [0.15, 0.2) is 0 Å². The van der Waals surface area contributed by atoms with Crippen molar-refractivity contribution in [1.29, 1.82) is 0 Å². The normalized spacial score (nSPS) is 31.2. The summed E-state index contributed by atoms with van der Waals surface area (Å²) in [6.45, 7) is 1.01. The number of piperidine rings is 1. The summed E-state index contributed by atoms with van der Waals surface area (Å²) in [5.41, 5.74) is 0. The first-order chi connectivity index (χ1) is 7.81. The zero-order valence-corrected chi connectivity index (χ0v) is 10.1. The SMILES string of the molecule is CNC1CCCN(C(C2CC2)C2CC2)C1=O. The molecule has 1 aliphatic heterocycles. The van der Waals surface area contributed by atoms with Crippen molar-refractivity contribution in [1.82, 2.24) is 10.2 Å². The Morgan fingerprint density at radius 1 is 1.19 bits per heavy atom. The van der Waals surface area contributed by atoms with Gasteiger partial charge < -0.3 is 10.2 Å². The second-order valence-electron chi connectivity index (χ2n) is 5.68. The van der Waals surface area contributed by atoms with E-state index in [-0.39, 0.29) is 6.04 Å². The zero-order chi connectivity index (χ0) is 11.1. The summed E-state index contributed by atoms with van der Waals surface area (Å²) in [7, 11) is 1.91. The lowest BCUT2D eigenvalue weighted by atomic mass is 9.98. The molecule has 3 rings (SSSR count). The number of carbonyl (C=O) groups is 1. The molecule has 1 amide bonds. The lowest BCUT2D eigenvalue weighted by Crippen LogP contribution is -2.54. The summed E-state index contributed by atoms with van der Waals surface area (Å²) in [6.07, 6.45) is 7.62. The molecule has 2 saturated carbocycles. The number of amides is 1. The smallest absolute Gasteiger partial charge is 0.239 e. The third kappa shape index (κ3) is 1.86. The first-order valence-corrected chi connectivity index (χ1v) is 6.79. The van der Waals surface area contributed by atoms with Gasteiger partial charge in [0.15, 0.2) is 0 Å². The molecule has 3 nitrogen and oxygen atoms in total. The predicted octanol–water partition coefficient (Wildman–Crippen LogP) is 1.39. The van der Waals surface area contributed by atoms with Gasteiger partial charge in [-0.15, -0.1) is 0 Å². The molecular weight excluding hydrogens is 200 g/mol. The van der Waals surface area contributed by atoms with Gasteiger partial charge in [-0.25, -0.2) is 0 Å². The van der Waals surface area contributed by atoms with E-state index in [4.69, 9.17) is 0 Å². The van der Waals surface area contributed by atoms with E-state index < -0.39 is 0 Å². The molecule has 3 fully saturated rings. The maximum Gasteiger partial charge on any atom is 0.239 e. The van der Waals surface area contributed by atoms with E-state index >= 15 is 0 Å². The highest BCUT2D eigenvalue weighted by atomic mass is 16.2. The standard InChI is InChI=1S/C13H22N2O/c1-14-11-3-2-8-15(13(11)16)12(9-4-5-9)10-6-7-10/h9-12,14H,2-8H2,1H3. The van der Waals surface area contributed by atoms with Crippen molar-refractivity contribution in [2.75, 3.05) is 13.6 Å². The Bertz CT molecular complexity index is 272. The summed E-state index contributed by atoms with van der Waals surface area (Å²) < 4.78 is 0. The van der Waals surface area contributed by atoms with Gasteiger partial charge in [-0.1, -0.05) is 0 Å². The quantitative estimate of drug-likeness (QED) is 0.779. The molecule has 1 N–H and O–H groups in total. The zero-order valence-electron chi connectivity index (χ0n) is 10.1. The molecule has 0 radical (unpaired) electrons. The Kier molecular flexibility index (Phi) is 2.66. The maximum atomic E-state index is 12.3. The van der Waals surface area contributed by atoms with Crippen LogP contribution in [0.2, 0.25) is 0 Å². The molecule has 3 heteroatoms. The van der Waals surface area contributed by atoms with Crippen molar-refractivity contribution < 1.29 is 4.79 Å². The molecule has 0 aromatic heterocycles. The van der Waals surface area contributed by atoms with Crippen molar-refractivity contribution in [3.63, 3.8) is 0 Å². The molecule has 2 aliphatic carbocycles. The van der Waals surface area contributed by atoms with E-state index in [1.807, 2.05) is 7.05 Å². The van der Waals surface area contributed by atoms with Crippen LogP contribution in [0.25, 0.3) is 0 Å². The molecule has 16 heavy (non-hydrogen) atoms. The second kappa shape index (κ2) is 4.02. The highest BCUT2D eigenvalue weighted by Gasteiger charge is 2.47. The lowest BCUT2D eigenvalue weighted by molar-refractivity contribution is -0.139. The molecule has 90 valence electrons. The van der Waals surface area contributed by atoms with Crippen LogP contribution in [0, 0.1) is 11.8 Å². The van der Waals surface area contributed by atoms with E-state index in [0.29, 0.717) is 11.9 Å². The molecule has 0 aromatic rings. The lowest BCUT2D eigenvalue weighted by Gasteiger charge is -2.38. The summed E-state index contributed by atoms with van der Waals surface area (Å²) in [4.78, 5) is 14.5. The van der Waals surface area contributed by atoms with Crippen molar-refractivity contribution >= 4 is 5.91 Å². The summed E-state index contributed by atoms with van der Waals surface area (Å²) >= 11 is 0. The third-order valence-electron chi connectivity index (χ3n) is 4.39. The van der Waals surface area contributed by atoms with Gasteiger partial charge in [-0.3, -0.25) is 4.79 Å². The topological polar surface area (TPSA) is 32.3 Å². The fourth-order valence-corrected chi connectivity index (χ4v) is 3.23. The first-order valence-electron chi connectivity index (χ1n) is 6.79. The molecule has 3 aliphatic rings. The Morgan fingerprint density at radius 2 is 1.81 bits per heavy atom. The highest BCUT2D eigenvalue weighted by Crippen LogP contribution is 2.47. The molecular formula is C13H22N2O. The van der Waals surface area contributed by atoms with E-state index in [2.05, 4.69) is 10.2 Å². The monoisotopic (exact) mass is 222 g/mol. The van der Waals surface area contributed by atoms with E-state index in [0.717, 1.165) is 24.8 Å². The Hall–Kier alpha value is -0.570. The van der Waals surface area contributed by atoms with Crippen LogP contribution in [0.4, 0.5) is 0 Å². The number of nitrogens with one attached hydrogen (secondary N) is 1. The number of rotatable bonds is 4. The van der Waals surface area contributed by atoms with Crippen molar-refractivity contribution in [2.24, 2.45) is 11.8 Å². The number of nitrogens with zero attached hydrogens (tertiary/aromatic N) is 1. The number of likely N-dealkylation sites (N-methyl/N-ethyl adjacent to an activating group) is 1. The van der Waals surface area contributed by atoms with Crippen LogP contribution in [-0.2, 0) is 4.79 Å². The summed E-state index contributed by atoms with van der Waals surface area (Å²) in [6, 6.07) is 0.692. The number of likely N-dealkylation sites (tertiary alicyclic amines) is 1. The highest BCUT2D eigenvalue weighted by molar-refractivity contribution is 5.83. The van der Waals surface area contributed by atoms with Crippen LogP contribution >= 0.6 is 0 Å². The van der Waals surface area contributed by atoms with Crippen LogP contribution in [0.1, 0.15) is 38.5 Å². The van der Waals surface area contributed by atoms with Crippen molar-refractivity contribution in [3.8, 4) is 0 Å². The molecule has 0 spiro atoms. The number of hydrogen-bond donors (Lipinski definition) is 1. The second-order valence-corrected chi connectivity index (χ2v) is 5.68. The third-order valence-corrected chi connectivity index (χ3v) is 4.39. The largest absolute Gasteiger partial charge is 0.338 e.